The summed E-state index contributed by atoms with van der Waals surface area (Å²) in [6.07, 6.45) is 7.31. The molecule has 1 spiro atoms. The van der Waals surface area contributed by atoms with Gasteiger partial charge in [-0.2, -0.15) is 0 Å². The topological polar surface area (TPSA) is 66.0 Å². The second-order valence-electron chi connectivity index (χ2n) is 7.62. The van der Waals surface area contributed by atoms with Crippen LogP contribution in [0.5, 0.6) is 0 Å². The summed E-state index contributed by atoms with van der Waals surface area (Å²) in [6.45, 7) is 3.40. The molecule has 4 atom stereocenters. The predicted molar refractivity (Wildman–Crippen MR) is 94.4 cm³/mol. The molecular weight excluding hydrogens is 332 g/mol. The summed E-state index contributed by atoms with van der Waals surface area (Å²) in [4.78, 5) is 35.9. The average Bonchev–Trinajstić information content (AvgIpc) is 3.30. The fraction of sp³-hybridized carbons (Fsp3) is 0.526. The molecule has 0 aliphatic carbocycles. The third-order valence-electron chi connectivity index (χ3n) is 6.18. The number of rotatable bonds is 2. The first-order valence-corrected chi connectivity index (χ1v) is 9.15. The monoisotopic (exact) mass is 354 g/mol. The Morgan fingerprint density at radius 2 is 2.12 bits per heavy atom. The molecule has 1 aromatic heterocycles. The minimum Gasteiger partial charge on any atom is -0.367 e. The van der Waals surface area contributed by atoms with Crippen molar-refractivity contribution in [3.05, 3.63) is 36.7 Å². The Bertz CT molecular complexity index is 774. The van der Waals surface area contributed by atoms with Gasteiger partial charge in [0.15, 0.2) is 0 Å². The molecule has 4 aliphatic rings. The summed E-state index contributed by atoms with van der Waals surface area (Å²) in [5.41, 5.74) is 0.492. The van der Waals surface area contributed by atoms with Gasteiger partial charge in [0.25, 0.3) is 0 Å². The van der Waals surface area contributed by atoms with E-state index in [-0.39, 0.29) is 29.8 Å². The van der Waals surface area contributed by atoms with E-state index in [9.17, 15) is 9.59 Å². The predicted octanol–water partition coefficient (Wildman–Crippen LogP) is 0.142. The number of nitrogens with zero attached hydrogens (tertiary/aromatic N) is 4. The SMILES string of the molecule is CN1C[C@]23C=C[C@H](O2)[C@H](C(=O)N2CCN(c4cccnc4)CC2)[C@@H]3C1=O. The molecule has 5 rings (SSSR count). The Balaban J connectivity index is 1.31. The highest BCUT2D eigenvalue weighted by molar-refractivity contribution is 5.93. The van der Waals surface area contributed by atoms with Gasteiger partial charge in [0.05, 0.1) is 36.4 Å². The molecule has 5 heterocycles. The van der Waals surface area contributed by atoms with Gasteiger partial charge < -0.3 is 19.4 Å². The molecule has 3 saturated heterocycles. The van der Waals surface area contributed by atoms with Gasteiger partial charge in [-0.1, -0.05) is 12.2 Å². The third kappa shape index (κ3) is 2.13. The van der Waals surface area contributed by atoms with Crippen molar-refractivity contribution in [2.75, 3.05) is 44.7 Å². The standard InChI is InChI=1S/C19H22N4O3/c1-21-12-19-5-4-14(26-19)15(16(19)18(21)25)17(24)23-9-7-22(8-10-23)13-3-2-6-20-11-13/h2-6,11,14-16H,7-10,12H2,1H3/t14-,15-,16+,19-/m0/s1. The third-order valence-corrected chi connectivity index (χ3v) is 6.18. The molecule has 4 aliphatic heterocycles. The van der Waals surface area contributed by atoms with Crippen LogP contribution in [0.3, 0.4) is 0 Å². The molecule has 7 heteroatoms. The Morgan fingerprint density at radius 3 is 2.85 bits per heavy atom. The van der Waals surface area contributed by atoms with E-state index in [1.54, 1.807) is 18.1 Å². The Morgan fingerprint density at radius 1 is 1.31 bits per heavy atom. The number of likely N-dealkylation sites (tertiary alicyclic amines) is 1. The molecule has 2 bridgehead atoms. The van der Waals surface area contributed by atoms with Crippen molar-refractivity contribution in [3.63, 3.8) is 0 Å². The summed E-state index contributed by atoms with van der Waals surface area (Å²) in [7, 11) is 1.79. The van der Waals surface area contributed by atoms with Crippen molar-refractivity contribution in [2.24, 2.45) is 11.8 Å². The number of anilines is 1. The van der Waals surface area contributed by atoms with Gasteiger partial charge in [-0.25, -0.2) is 0 Å². The molecule has 0 saturated carbocycles. The van der Waals surface area contributed by atoms with E-state index in [1.165, 1.54) is 0 Å². The van der Waals surface area contributed by atoms with Crippen molar-refractivity contribution >= 4 is 17.5 Å². The number of carbonyl (C=O) groups is 2. The van der Waals surface area contributed by atoms with Crippen LogP contribution in [0, 0.1) is 11.8 Å². The average molecular weight is 354 g/mol. The summed E-state index contributed by atoms with van der Waals surface area (Å²) in [5, 5.41) is 0. The second-order valence-corrected chi connectivity index (χ2v) is 7.62. The zero-order valence-corrected chi connectivity index (χ0v) is 14.7. The number of likely N-dealkylation sites (N-methyl/N-ethyl adjacent to an activating group) is 1. The van der Waals surface area contributed by atoms with Gasteiger partial charge >= 0.3 is 0 Å². The van der Waals surface area contributed by atoms with E-state index in [1.807, 2.05) is 35.4 Å². The Labute approximate surface area is 152 Å². The number of carbonyl (C=O) groups excluding carboxylic acids is 2. The van der Waals surface area contributed by atoms with Crippen LogP contribution in [0.1, 0.15) is 0 Å². The lowest BCUT2D eigenvalue weighted by Crippen LogP contribution is -2.53. The maximum absolute atomic E-state index is 13.2. The Kier molecular flexibility index (Phi) is 3.37. The first kappa shape index (κ1) is 15.8. The minimum atomic E-state index is -0.589. The number of amides is 2. The molecule has 3 fully saturated rings. The van der Waals surface area contributed by atoms with Gasteiger partial charge in [0.2, 0.25) is 11.8 Å². The maximum atomic E-state index is 13.2. The molecule has 0 aromatic carbocycles. The van der Waals surface area contributed by atoms with E-state index < -0.39 is 5.60 Å². The number of hydrogen-bond acceptors (Lipinski definition) is 5. The molecule has 0 N–H and O–H groups in total. The van der Waals surface area contributed by atoms with Gasteiger partial charge in [-0.05, 0) is 12.1 Å². The molecule has 1 aromatic rings. The lowest BCUT2D eigenvalue weighted by molar-refractivity contribution is -0.143. The largest absolute Gasteiger partial charge is 0.367 e. The van der Waals surface area contributed by atoms with Gasteiger partial charge in [0, 0.05) is 39.4 Å². The van der Waals surface area contributed by atoms with E-state index in [2.05, 4.69) is 9.88 Å². The van der Waals surface area contributed by atoms with E-state index in [4.69, 9.17) is 4.74 Å². The summed E-state index contributed by atoms with van der Waals surface area (Å²) in [6, 6.07) is 3.96. The zero-order chi connectivity index (χ0) is 17.9. The molecule has 136 valence electrons. The molecule has 7 nitrogen and oxygen atoms in total. The first-order valence-electron chi connectivity index (χ1n) is 9.15. The van der Waals surface area contributed by atoms with Gasteiger partial charge in [-0.3, -0.25) is 14.6 Å². The van der Waals surface area contributed by atoms with E-state index >= 15 is 0 Å². The number of pyridine rings is 1. The normalized spacial score (nSPS) is 35.3. The fourth-order valence-corrected chi connectivity index (χ4v) is 4.91. The summed E-state index contributed by atoms with van der Waals surface area (Å²) < 4.78 is 6.10. The van der Waals surface area contributed by atoms with Gasteiger partial charge in [-0.15, -0.1) is 0 Å². The quantitative estimate of drug-likeness (QED) is 0.707. The number of hydrogen-bond donors (Lipinski definition) is 0. The van der Waals surface area contributed by atoms with Crippen molar-refractivity contribution in [1.82, 2.24) is 14.8 Å². The smallest absolute Gasteiger partial charge is 0.229 e. The van der Waals surface area contributed by atoms with Gasteiger partial charge in [0.1, 0.15) is 5.60 Å². The lowest BCUT2D eigenvalue weighted by atomic mass is 9.76. The zero-order valence-electron chi connectivity index (χ0n) is 14.7. The van der Waals surface area contributed by atoms with Crippen LogP contribution in [0.25, 0.3) is 0 Å². The van der Waals surface area contributed by atoms with Crippen molar-refractivity contribution < 1.29 is 14.3 Å². The van der Waals surface area contributed by atoms with Crippen LogP contribution in [0.2, 0.25) is 0 Å². The highest BCUT2D eigenvalue weighted by Crippen LogP contribution is 2.52. The van der Waals surface area contributed by atoms with E-state index in [0.717, 1.165) is 18.8 Å². The lowest BCUT2D eigenvalue weighted by Gasteiger charge is -2.38. The van der Waals surface area contributed by atoms with Crippen molar-refractivity contribution in [3.8, 4) is 0 Å². The fourth-order valence-electron chi connectivity index (χ4n) is 4.91. The molecule has 0 unspecified atom stereocenters. The molecule has 0 radical (unpaired) electrons. The van der Waals surface area contributed by atoms with E-state index in [0.29, 0.717) is 19.6 Å². The molecular formula is C19H22N4O3. The molecule has 2 amide bonds. The summed E-state index contributed by atoms with van der Waals surface area (Å²) in [5.74, 6) is -0.668. The molecule has 26 heavy (non-hydrogen) atoms. The number of fused-ring (bicyclic) bond motifs is 1. The van der Waals surface area contributed by atoms with Crippen molar-refractivity contribution in [1.29, 1.82) is 0 Å². The van der Waals surface area contributed by atoms with Crippen LogP contribution < -0.4 is 4.90 Å². The highest BCUT2D eigenvalue weighted by Gasteiger charge is 2.66. The minimum absolute atomic E-state index is 0.0317. The van der Waals surface area contributed by atoms with Crippen molar-refractivity contribution in [2.45, 2.75) is 11.7 Å². The first-order chi connectivity index (χ1) is 12.6. The van der Waals surface area contributed by atoms with Crippen LogP contribution in [-0.4, -0.2) is 78.1 Å². The van der Waals surface area contributed by atoms with Crippen LogP contribution >= 0.6 is 0 Å². The number of aromatic nitrogens is 1. The Hall–Kier alpha value is -2.41. The summed E-state index contributed by atoms with van der Waals surface area (Å²) >= 11 is 0. The second kappa shape index (κ2) is 5.54. The maximum Gasteiger partial charge on any atom is 0.229 e. The van der Waals surface area contributed by atoms with Crippen LogP contribution in [0.4, 0.5) is 5.69 Å². The van der Waals surface area contributed by atoms with Crippen LogP contribution in [-0.2, 0) is 14.3 Å². The highest BCUT2D eigenvalue weighted by atomic mass is 16.5. The van der Waals surface area contributed by atoms with Crippen LogP contribution in [0.15, 0.2) is 36.7 Å². The number of ether oxygens (including phenoxy) is 1. The number of piperazine rings is 1.